The van der Waals surface area contributed by atoms with Crippen LogP contribution in [-0.2, 0) is 14.2 Å². The van der Waals surface area contributed by atoms with E-state index in [1.165, 1.54) is 0 Å². The van der Waals surface area contributed by atoms with E-state index in [2.05, 4.69) is 0 Å². The zero-order valence-corrected chi connectivity index (χ0v) is 13.1. The standard InChI is InChI=1S/C19H18O5/c20-15-7-5-13(6-8-15)12-1-3-14(4-2-12)19(21)24-17-11-23-16-9-10-22-18(16)17/h1-8,16-18,20H,9-11H2. The maximum Gasteiger partial charge on any atom is 0.338 e. The van der Waals surface area contributed by atoms with E-state index in [-0.39, 0.29) is 30.0 Å². The molecule has 5 heteroatoms. The van der Waals surface area contributed by atoms with Gasteiger partial charge < -0.3 is 19.3 Å². The van der Waals surface area contributed by atoms with Gasteiger partial charge in [0, 0.05) is 6.61 Å². The average Bonchev–Trinajstić information content (AvgIpc) is 3.21. The third-order valence-corrected chi connectivity index (χ3v) is 4.50. The summed E-state index contributed by atoms with van der Waals surface area (Å²) in [5, 5.41) is 9.34. The van der Waals surface area contributed by atoms with Crippen molar-refractivity contribution in [1.82, 2.24) is 0 Å². The lowest BCUT2D eigenvalue weighted by molar-refractivity contribution is -0.0148. The second kappa shape index (κ2) is 6.26. The molecule has 2 saturated heterocycles. The highest BCUT2D eigenvalue weighted by molar-refractivity contribution is 5.90. The largest absolute Gasteiger partial charge is 0.508 e. The first kappa shape index (κ1) is 15.2. The van der Waals surface area contributed by atoms with Crippen LogP contribution in [0.1, 0.15) is 16.8 Å². The topological polar surface area (TPSA) is 65.0 Å². The molecule has 0 saturated carbocycles. The molecule has 5 nitrogen and oxygen atoms in total. The third-order valence-electron chi connectivity index (χ3n) is 4.50. The SMILES string of the molecule is O=C(OC1COC2CCOC21)c1ccc(-c2ccc(O)cc2)cc1. The molecule has 2 aromatic carbocycles. The first-order valence-corrected chi connectivity index (χ1v) is 8.04. The summed E-state index contributed by atoms with van der Waals surface area (Å²) in [7, 11) is 0. The van der Waals surface area contributed by atoms with Crippen LogP contribution in [0.2, 0.25) is 0 Å². The molecule has 0 aromatic heterocycles. The van der Waals surface area contributed by atoms with Gasteiger partial charge in [-0.3, -0.25) is 0 Å². The van der Waals surface area contributed by atoms with Crippen LogP contribution in [0.3, 0.4) is 0 Å². The van der Waals surface area contributed by atoms with Crippen LogP contribution in [0.25, 0.3) is 11.1 Å². The van der Waals surface area contributed by atoms with Crippen LogP contribution in [0.4, 0.5) is 0 Å². The number of phenols is 1. The van der Waals surface area contributed by atoms with Crippen molar-refractivity contribution in [2.45, 2.75) is 24.7 Å². The number of rotatable bonds is 3. The van der Waals surface area contributed by atoms with E-state index >= 15 is 0 Å². The van der Waals surface area contributed by atoms with Gasteiger partial charge >= 0.3 is 5.97 Å². The maximum atomic E-state index is 12.3. The van der Waals surface area contributed by atoms with Gasteiger partial charge in [0.25, 0.3) is 0 Å². The Labute approximate surface area is 139 Å². The summed E-state index contributed by atoms with van der Waals surface area (Å²) in [5.74, 6) is -0.137. The average molecular weight is 326 g/mol. The van der Waals surface area contributed by atoms with E-state index in [0.29, 0.717) is 18.8 Å². The molecule has 4 rings (SSSR count). The molecular formula is C19H18O5. The highest BCUT2D eigenvalue weighted by atomic mass is 16.6. The highest BCUT2D eigenvalue weighted by Gasteiger charge is 2.44. The van der Waals surface area contributed by atoms with Crippen LogP contribution in [0.15, 0.2) is 48.5 Å². The maximum absolute atomic E-state index is 12.3. The lowest BCUT2D eigenvalue weighted by atomic mass is 10.0. The van der Waals surface area contributed by atoms with Crippen LogP contribution in [0.5, 0.6) is 5.75 Å². The van der Waals surface area contributed by atoms with E-state index in [9.17, 15) is 9.90 Å². The molecule has 124 valence electrons. The number of ether oxygens (including phenoxy) is 3. The summed E-state index contributed by atoms with van der Waals surface area (Å²) in [5.41, 5.74) is 2.44. The monoisotopic (exact) mass is 326 g/mol. The Balaban J connectivity index is 1.44. The van der Waals surface area contributed by atoms with E-state index in [1.807, 2.05) is 24.3 Å². The number of fused-ring (bicyclic) bond motifs is 1. The molecule has 2 heterocycles. The molecule has 1 N–H and O–H groups in total. The first-order valence-electron chi connectivity index (χ1n) is 8.04. The summed E-state index contributed by atoms with van der Waals surface area (Å²) in [6.07, 6.45) is 0.451. The van der Waals surface area contributed by atoms with Crippen LogP contribution in [-0.4, -0.2) is 42.6 Å². The number of carbonyl (C=O) groups excluding carboxylic acids is 1. The number of carbonyl (C=O) groups is 1. The zero-order chi connectivity index (χ0) is 16.5. The van der Waals surface area contributed by atoms with Gasteiger partial charge in [-0.2, -0.15) is 0 Å². The van der Waals surface area contributed by atoms with Gasteiger partial charge in [0.15, 0.2) is 6.10 Å². The highest BCUT2D eigenvalue weighted by Crippen LogP contribution is 2.29. The van der Waals surface area contributed by atoms with Crippen LogP contribution >= 0.6 is 0 Å². The molecule has 0 amide bonds. The van der Waals surface area contributed by atoms with Gasteiger partial charge in [0.05, 0.1) is 18.3 Å². The summed E-state index contributed by atoms with van der Waals surface area (Å²) in [4.78, 5) is 12.3. The van der Waals surface area contributed by atoms with Gasteiger partial charge in [-0.05, 0) is 41.8 Å². The van der Waals surface area contributed by atoms with Crippen molar-refractivity contribution in [2.24, 2.45) is 0 Å². The number of phenolic OH excluding ortho intramolecular Hbond substituents is 1. The number of hydrogen-bond donors (Lipinski definition) is 1. The predicted molar refractivity (Wildman–Crippen MR) is 86.8 cm³/mol. The summed E-state index contributed by atoms with van der Waals surface area (Å²) in [6.45, 7) is 1.05. The van der Waals surface area contributed by atoms with Crippen LogP contribution < -0.4 is 0 Å². The number of esters is 1. The second-order valence-corrected chi connectivity index (χ2v) is 6.06. The molecule has 3 atom stereocenters. The van der Waals surface area contributed by atoms with E-state index in [1.54, 1.807) is 24.3 Å². The molecule has 3 unspecified atom stereocenters. The van der Waals surface area contributed by atoms with Crippen molar-refractivity contribution in [3.8, 4) is 16.9 Å². The summed E-state index contributed by atoms with van der Waals surface area (Å²) >= 11 is 0. The Bertz CT molecular complexity index is 722. The lowest BCUT2D eigenvalue weighted by Crippen LogP contribution is -2.32. The van der Waals surface area contributed by atoms with Crippen molar-refractivity contribution >= 4 is 5.97 Å². The second-order valence-electron chi connectivity index (χ2n) is 6.06. The molecule has 0 radical (unpaired) electrons. The van der Waals surface area contributed by atoms with Crippen molar-refractivity contribution in [2.75, 3.05) is 13.2 Å². The molecule has 0 spiro atoms. The fourth-order valence-corrected chi connectivity index (χ4v) is 3.19. The fourth-order valence-electron chi connectivity index (χ4n) is 3.19. The van der Waals surface area contributed by atoms with Crippen molar-refractivity contribution in [1.29, 1.82) is 0 Å². The minimum absolute atomic E-state index is 0.0553. The van der Waals surface area contributed by atoms with Crippen LogP contribution in [0, 0.1) is 0 Å². The Kier molecular flexibility index (Phi) is 3.96. The van der Waals surface area contributed by atoms with Gasteiger partial charge in [-0.1, -0.05) is 24.3 Å². The predicted octanol–water partition coefficient (Wildman–Crippen LogP) is 2.77. The van der Waals surface area contributed by atoms with Gasteiger partial charge in [-0.15, -0.1) is 0 Å². The van der Waals surface area contributed by atoms with Crippen molar-refractivity contribution in [3.05, 3.63) is 54.1 Å². The Morgan fingerprint density at radius 2 is 1.67 bits per heavy atom. The zero-order valence-electron chi connectivity index (χ0n) is 13.1. The van der Waals surface area contributed by atoms with Crippen molar-refractivity contribution < 1.29 is 24.1 Å². The molecule has 2 fully saturated rings. The molecule has 24 heavy (non-hydrogen) atoms. The third kappa shape index (κ3) is 2.88. The molecule has 2 aliphatic rings. The smallest absolute Gasteiger partial charge is 0.338 e. The van der Waals surface area contributed by atoms with Crippen molar-refractivity contribution in [3.63, 3.8) is 0 Å². The van der Waals surface area contributed by atoms with Gasteiger partial charge in [-0.25, -0.2) is 4.79 Å². The Morgan fingerprint density at radius 3 is 2.38 bits per heavy atom. The molecular weight excluding hydrogens is 308 g/mol. The number of aromatic hydroxyl groups is 1. The first-order chi connectivity index (χ1) is 11.7. The normalized spacial score (nSPS) is 25.4. The summed E-state index contributed by atoms with van der Waals surface area (Å²) < 4.78 is 16.7. The molecule has 0 aliphatic carbocycles. The Hall–Kier alpha value is -2.37. The van der Waals surface area contributed by atoms with E-state index in [0.717, 1.165) is 17.5 Å². The quantitative estimate of drug-likeness (QED) is 0.879. The minimum Gasteiger partial charge on any atom is -0.508 e. The van der Waals surface area contributed by atoms with E-state index in [4.69, 9.17) is 14.2 Å². The number of hydrogen-bond acceptors (Lipinski definition) is 5. The van der Waals surface area contributed by atoms with Gasteiger partial charge in [0.1, 0.15) is 11.9 Å². The molecule has 0 bridgehead atoms. The molecule has 2 aliphatic heterocycles. The molecule has 2 aromatic rings. The lowest BCUT2D eigenvalue weighted by Gasteiger charge is -2.16. The Morgan fingerprint density at radius 1 is 1.00 bits per heavy atom. The fraction of sp³-hybridized carbons (Fsp3) is 0.316. The summed E-state index contributed by atoms with van der Waals surface area (Å²) in [6, 6.07) is 14.1. The van der Waals surface area contributed by atoms with Gasteiger partial charge in [0.2, 0.25) is 0 Å². The minimum atomic E-state index is -0.364. The number of benzene rings is 2. The van der Waals surface area contributed by atoms with E-state index < -0.39 is 0 Å².